The molecule has 0 radical (unpaired) electrons. The first-order valence-electron chi connectivity index (χ1n) is 9.49. The topological polar surface area (TPSA) is 113 Å². The third kappa shape index (κ3) is 4.02. The Balaban J connectivity index is 1.39. The minimum Gasteiger partial charge on any atom is -0.451 e. The van der Waals surface area contributed by atoms with E-state index >= 15 is 0 Å². The highest BCUT2D eigenvalue weighted by molar-refractivity contribution is 7.91. The van der Waals surface area contributed by atoms with Crippen LogP contribution < -0.4 is 4.90 Å². The average molecular weight is 419 g/mol. The van der Waals surface area contributed by atoms with Gasteiger partial charge in [-0.3, -0.25) is 9.59 Å². The molecule has 0 bridgehead atoms. The fraction of sp³-hybridized carbons (Fsp3) is 0.474. The molecule has 1 aromatic carbocycles. The lowest BCUT2D eigenvalue weighted by Gasteiger charge is -2.27. The van der Waals surface area contributed by atoms with E-state index in [0.29, 0.717) is 13.0 Å². The van der Waals surface area contributed by atoms with Gasteiger partial charge in [0.05, 0.1) is 17.5 Å². The summed E-state index contributed by atoms with van der Waals surface area (Å²) in [5.41, 5.74) is 1.93. The Labute approximate surface area is 168 Å². The zero-order valence-corrected chi connectivity index (χ0v) is 16.6. The first-order valence-corrected chi connectivity index (χ1v) is 11.3. The van der Waals surface area contributed by atoms with Crippen molar-refractivity contribution in [2.24, 2.45) is 5.10 Å². The fourth-order valence-corrected chi connectivity index (χ4v) is 5.55. The number of amides is 2. The van der Waals surface area contributed by atoms with Crippen LogP contribution >= 0.6 is 0 Å². The predicted octanol–water partition coefficient (Wildman–Crippen LogP) is 0.284. The molecule has 9 nitrogen and oxygen atoms in total. The largest absolute Gasteiger partial charge is 0.451 e. The van der Waals surface area contributed by atoms with Crippen molar-refractivity contribution in [1.29, 1.82) is 0 Å². The van der Waals surface area contributed by atoms with Crippen LogP contribution in [0.3, 0.4) is 0 Å². The van der Waals surface area contributed by atoms with Crippen LogP contribution in [0.25, 0.3) is 0 Å². The summed E-state index contributed by atoms with van der Waals surface area (Å²) in [4.78, 5) is 38.6. The lowest BCUT2D eigenvalue weighted by Crippen LogP contribution is -2.42. The van der Waals surface area contributed by atoms with E-state index in [1.54, 1.807) is 4.90 Å². The van der Waals surface area contributed by atoms with Crippen molar-refractivity contribution in [1.82, 2.24) is 5.01 Å². The molecule has 1 atom stereocenters. The maximum atomic E-state index is 12.5. The van der Waals surface area contributed by atoms with Gasteiger partial charge in [-0.05, 0) is 24.5 Å². The van der Waals surface area contributed by atoms with Gasteiger partial charge in [-0.25, -0.2) is 18.2 Å². The zero-order valence-electron chi connectivity index (χ0n) is 15.7. The number of carbonyl (C=O) groups is 3. The smallest absolute Gasteiger partial charge is 0.355 e. The summed E-state index contributed by atoms with van der Waals surface area (Å²) in [7, 11) is -3.19. The van der Waals surface area contributed by atoms with Crippen molar-refractivity contribution in [2.45, 2.75) is 31.7 Å². The molecule has 1 fully saturated rings. The number of anilines is 1. The van der Waals surface area contributed by atoms with Crippen LogP contribution in [-0.2, 0) is 35.4 Å². The number of hydrazone groups is 1. The maximum absolute atomic E-state index is 12.5. The van der Waals surface area contributed by atoms with Crippen LogP contribution in [0.15, 0.2) is 29.4 Å². The van der Waals surface area contributed by atoms with Gasteiger partial charge in [-0.1, -0.05) is 18.2 Å². The molecule has 1 aromatic rings. The molecule has 0 unspecified atom stereocenters. The number of rotatable bonds is 4. The highest BCUT2D eigenvalue weighted by Crippen LogP contribution is 2.27. The predicted molar refractivity (Wildman–Crippen MR) is 104 cm³/mol. The highest BCUT2D eigenvalue weighted by atomic mass is 32.2. The van der Waals surface area contributed by atoms with Crippen molar-refractivity contribution in [2.75, 3.05) is 29.6 Å². The Bertz CT molecular complexity index is 1000. The molecule has 0 aromatic heterocycles. The molecule has 0 saturated carbocycles. The SMILES string of the molecule is O=C(OCC(=O)N1CCc2ccccc21)C1=NN([C@H]2CCS(=O)(=O)C2)C(=O)CC1. The summed E-state index contributed by atoms with van der Waals surface area (Å²) in [6.07, 6.45) is 1.21. The van der Waals surface area contributed by atoms with Crippen molar-refractivity contribution in [3.05, 3.63) is 29.8 Å². The van der Waals surface area contributed by atoms with E-state index in [0.717, 1.165) is 22.7 Å². The molecule has 3 aliphatic rings. The number of nitrogens with zero attached hydrogens (tertiary/aromatic N) is 3. The number of ether oxygens (including phenoxy) is 1. The zero-order chi connectivity index (χ0) is 20.6. The molecule has 10 heteroatoms. The summed E-state index contributed by atoms with van der Waals surface area (Å²) in [6.45, 7) is 0.118. The van der Waals surface area contributed by atoms with E-state index in [2.05, 4.69) is 5.10 Å². The minimum absolute atomic E-state index is 0.00254. The number of benzene rings is 1. The van der Waals surface area contributed by atoms with Gasteiger partial charge < -0.3 is 9.64 Å². The Hall–Kier alpha value is -2.75. The summed E-state index contributed by atoms with van der Waals surface area (Å²) in [5, 5.41) is 5.16. The number of hydrogen-bond donors (Lipinski definition) is 0. The van der Waals surface area contributed by atoms with E-state index in [9.17, 15) is 22.8 Å². The lowest BCUT2D eigenvalue weighted by molar-refractivity contribution is -0.142. The van der Waals surface area contributed by atoms with Crippen LogP contribution in [0.1, 0.15) is 24.8 Å². The molecule has 154 valence electrons. The van der Waals surface area contributed by atoms with Gasteiger partial charge in [0.2, 0.25) is 5.91 Å². The number of esters is 1. The van der Waals surface area contributed by atoms with Crippen molar-refractivity contribution in [3.8, 4) is 0 Å². The molecule has 1 saturated heterocycles. The number of para-hydroxylation sites is 1. The van der Waals surface area contributed by atoms with Gasteiger partial charge in [0, 0.05) is 25.1 Å². The number of sulfone groups is 1. The third-order valence-corrected chi connectivity index (χ3v) is 7.11. The van der Waals surface area contributed by atoms with Gasteiger partial charge in [0.25, 0.3) is 5.91 Å². The number of carbonyl (C=O) groups excluding carboxylic acids is 3. The second kappa shape index (κ2) is 7.58. The molecule has 0 spiro atoms. The van der Waals surface area contributed by atoms with E-state index in [4.69, 9.17) is 4.74 Å². The van der Waals surface area contributed by atoms with Gasteiger partial charge in [-0.2, -0.15) is 5.10 Å². The van der Waals surface area contributed by atoms with Crippen LogP contribution in [0.5, 0.6) is 0 Å². The second-order valence-electron chi connectivity index (χ2n) is 7.34. The second-order valence-corrected chi connectivity index (χ2v) is 9.57. The summed E-state index contributed by atoms with van der Waals surface area (Å²) >= 11 is 0. The molecule has 4 rings (SSSR count). The van der Waals surface area contributed by atoms with Gasteiger partial charge >= 0.3 is 5.97 Å². The molecule has 3 heterocycles. The Morgan fingerprint density at radius 2 is 1.97 bits per heavy atom. The molecule has 0 N–H and O–H groups in total. The molecule has 2 amide bonds. The lowest BCUT2D eigenvalue weighted by atomic mass is 10.1. The quantitative estimate of drug-likeness (QED) is 0.648. The number of hydrogen-bond acceptors (Lipinski definition) is 7. The van der Waals surface area contributed by atoms with Gasteiger partial charge in [0.15, 0.2) is 16.4 Å². The Kier molecular flexibility index (Phi) is 5.12. The number of fused-ring (bicyclic) bond motifs is 1. The first-order chi connectivity index (χ1) is 13.8. The standard InChI is InChI=1S/C19H21N3O6S/c23-17-6-5-15(20-22(17)14-8-10-29(26,27)12-14)19(25)28-11-18(24)21-9-7-13-3-1-2-4-16(13)21/h1-4,14H,5-12H2/t14-/m0/s1. The van der Waals surface area contributed by atoms with Crippen LogP contribution in [-0.4, -0.2) is 67.6 Å². The van der Waals surface area contributed by atoms with Crippen molar-refractivity contribution >= 4 is 39.0 Å². The van der Waals surface area contributed by atoms with Gasteiger partial charge in [-0.15, -0.1) is 0 Å². The fourth-order valence-electron chi connectivity index (χ4n) is 3.86. The molecular weight excluding hydrogens is 398 g/mol. The third-order valence-electron chi connectivity index (χ3n) is 5.36. The Morgan fingerprint density at radius 1 is 1.17 bits per heavy atom. The summed E-state index contributed by atoms with van der Waals surface area (Å²) < 4.78 is 28.5. The molecule has 0 aliphatic carbocycles. The van der Waals surface area contributed by atoms with E-state index in [1.807, 2.05) is 24.3 Å². The minimum atomic E-state index is -3.19. The van der Waals surface area contributed by atoms with Crippen LogP contribution in [0, 0.1) is 0 Å². The Morgan fingerprint density at radius 3 is 2.72 bits per heavy atom. The first kappa shape index (κ1) is 19.6. The molecular formula is C19H21N3O6S. The van der Waals surface area contributed by atoms with Crippen molar-refractivity contribution in [3.63, 3.8) is 0 Å². The highest BCUT2D eigenvalue weighted by Gasteiger charge is 2.37. The summed E-state index contributed by atoms with van der Waals surface area (Å²) in [5.74, 6) is -1.55. The van der Waals surface area contributed by atoms with E-state index in [-0.39, 0.29) is 41.9 Å². The van der Waals surface area contributed by atoms with E-state index < -0.39 is 28.5 Å². The normalized spacial score (nSPS) is 23.0. The van der Waals surface area contributed by atoms with Crippen LogP contribution in [0.4, 0.5) is 5.69 Å². The van der Waals surface area contributed by atoms with Crippen LogP contribution in [0.2, 0.25) is 0 Å². The molecule has 3 aliphatic heterocycles. The van der Waals surface area contributed by atoms with Gasteiger partial charge in [0.1, 0.15) is 5.71 Å². The summed E-state index contributed by atoms with van der Waals surface area (Å²) in [6, 6.07) is 7.02. The molecule has 29 heavy (non-hydrogen) atoms. The van der Waals surface area contributed by atoms with Crippen molar-refractivity contribution < 1.29 is 27.5 Å². The average Bonchev–Trinajstić information content (AvgIpc) is 3.29. The maximum Gasteiger partial charge on any atom is 0.355 e. The van der Waals surface area contributed by atoms with E-state index in [1.165, 1.54) is 0 Å². The monoisotopic (exact) mass is 419 g/mol.